The van der Waals surface area contributed by atoms with Crippen LogP contribution in [0.3, 0.4) is 0 Å². The first-order chi connectivity index (χ1) is 12.7. The van der Waals surface area contributed by atoms with Crippen LogP contribution >= 0.6 is 58.4 Å². The molecule has 0 saturated carbocycles. The van der Waals surface area contributed by atoms with E-state index < -0.39 is 0 Å². The molecule has 2 aromatic carbocycles. The molecule has 5 nitrogen and oxygen atoms in total. The zero-order valence-corrected chi connectivity index (χ0v) is 18.1. The maximum Gasteiger partial charge on any atom is 0.322 e. The van der Waals surface area contributed by atoms with Gasteiger partial charge in [-0.2, -0.15) is 0 Å². The van der Waals surface area contributed by atoms with Gasteiger partial charge in [-0.1, -0.05) is 46.4 Å². The minimum atomic E-state index is -0.362. The van der Waals surface area contributed by atoms with Crippen LogP contribution in [0.15, 0.2) is 36.4 Å². The molecule has 1 N–H and O–H groups in total. The maximum absolute atomic E-state index is 12.3. The van der Waals surface area contributed by atoms with E-state index in [1.165, 1.54) is 16.1 Å². The first kappa shape index (κ1) is 22.0. The van der Waals surface area contributed by atoms with Crippen molar-refractivity contribution >= 4 is 81.7 Å². The van der Waals surface area contributed by atoms with Crippen molar-refractivity contribution in [2.45, 2.75) is 6.92 Å². The van der Waals surface area contributed by atoms with Gasteiger partial charge in [-0.05, 0) is 48.3 Å². The summed E-state index contributed by atoms with van der Waals surface area (Å²) in [6, 6.07) is 9.31. The van der Waals surface area contributed by atoms with Gasteiger partial charge in [-0.25, -0.2) is 4.79 Å². The molecule has 0 radical (unpaired) electrons. The SMILES string of the molecule is CC(=O)N(SCN(C)C(=O)Nc1ccc(Cl)c(Cl)c1)c1ccc(Cl)c(Cl)c1. The molecule has 0 saturated heterocycles. The number of hydrogen-bond donors (Lipinski definition) is 1. The Bertz CT molecular complexity index is 866. The van der Waals surface area contributed by atoms with E-state index in [1.807, 2.05) is 0 Å². The predicted octanol–water partition coefficient (Wildman–Crippen LogP) is 6.42. The Morgan fingerprint density at radius 2 is 1.56 bits per heavy atom. The number of carbonyl (C=O) groups is 2. The highest BCUT2D eigenvalue weighted by Gasteiger charge is 2.17. The monoisotopic (exact) mass is 465 g/mol. The van der Waals surface area contributed by atoms with Crippen LogP contribution < -0.4 is 9.62 Å². The van der Waals surface area contributed by atoms with Crippen molar-refractivity contribution in [2.24, 2.45) is 0 Å². The lowest BCUT2D eigenvalue weighted by atomic mass is 10.3. The summed E-state index contributed by atoms with van der Waals surface area (Å²) < 4.78 is 1.44. The molecule has 27 heavy (non-hydrogen) atoms. The lowest BCUT2D eigenvalue weighted by Crippen LogP contribution is -2.33. The largest absolute Gasteiger partial charge is 0.322 e. The summed E-state index contributed by atoms with van der Waals surface area (Å²) in [5.41, 5.74) is 1.08. The minimum absolute atomic E-state index is 0.211. The Morgan fingerprint density at radius 1 is 0.963 bits per heavy atom. The zero-order chi connectivity index (χ0) is 20.1. The van der Waals surface area contributed by atoms with E-state index in [1.54, 1.807) is 43.4 Å². The predicted molar refractivity (Wildman–Crippen MR) is 115 cm³/mol. The zero-order valence-electron chi connectivity index (χ0n) is 14.3. The van der Waals surface area contributed by atoms with Crippen molar-refractivity contribution in [1.82, 2.24) is 4.90 Å². The summed E-state index contributed by atoms with van der Waals surface area (Å²) in [5, 5.41) is 4.18. The lowest BCUT2D eigenvalue weighted by molar-refractivity contribution is -0.115. The van der Waals surface area contributed by atoms with Gasteiger partial charge in [0.25, 0.3) is 0 Å². The first-order valence-corrected chi connectivity index (χ1v) is 10.0. The molecule has 10 heteroatoms. The van der Waals surface area contributed by atoms with Gasteiger partial charge >= 0.3 is 6.03 Å². The molecule has 0 aromatic heterocycles. The highest BCUT2D eigenvalue weighted by Crippen LogP contribution is 2.31. The van der Waals surface area contributed by atoms with E-state index in [2.05, 4.69) is 5.32 Å². The molecular formula is C17H15Cl4N3O2S. The van der Waals surface area contributed by atoms with Crippen molar-refractivity contribution in [2.75, 3.05) is 22.5 Å². The molecule has 0 bridgehead atoms. The van der Waals surface area contributed by atoms with Crippen LogP contribution in [0.4, 0.5) is 16.2 Å². The Hall–Kier alpha value is -1.31. The van der Waals surface area contributed by atoms with Crippen molar-refractivity contribution in [3.05, 3.63) is 56.5 Å². The molecule has 0 atom stereocenters. The fourth-order valence-electron chi connectivity index (χ4n) is 1.95. The first-order valence-electron chi connectivity index (χ1n) is 7.55. The average Bonchev–Trinajstić information content (AvgIpc) is 2.60. The second-order valence-electron chi connectivity index (χ2n) is 5.43. The molecule has 0 unspecified atom stereocenters. The van der Waals surface area contributed by atoms with E-state index in [9.17, 15) is 9.59 Å². The average molecular weight is 467 g/mol. The Morgan fingerprint density at radius 3 is 2.11 bits per heavy atom. The van der Waals surface area contributed by atoms with E-state index in [0.29, 0.717) is 31.5 Å². The number of benzene rings is 2. The van der Waals surface area contributed by atoms with E-state index >= 15 is 0 Å². The highest BCUT2D eigenvalue weighted by atomic mass is 35.5. The van der Waals surface area contributed by atoms with Crippen LogP contribution in [0, 0.1) is 0 Å². The number of halogens is 4. The van der Waals surface area contributed by atoms with Crippen LogP contribution in [-0.4, -0.2) is 29.8 Å². The van der Waals surface area contributed by atoms with Gasteiger partial charge in [-0.3, -0.25) is 9.10 Å². The van der Waals surface area contributed by atoms with Crippen LogP contribution in [0.2, 0.25) is 20.1 Å². The third-order valence-corrected chi connectivity index (χ3v) is 6.03. The molecular weight excluding hydrogens is 452 g/mol. The smallest absolute Gasteiger partial charge is 0.317 e. The Labute approximate surface area is 181 Å². The van der Waals surface area contributed by atoms with E-state index in [0.717, 1.165) is 11.9 Å². The molecule has 0 heterocycles. The van der Waals surface area contributed by atoms with Crippen molar-refractivity contribution in [1.29, 1.82) is 0 Å². The number of anilines is 2. The Balaban J connectivity index is 2.01. The number of nitrogens with one attached hydrogen (secondary N) is 1. The molecule has 0 fully saturated rings. The third-order valence-electron chi connectivity index (χ3n) is 3.32. The summed E-state index contributed by atoms with van der Waals surface area (Å²) in [6.45, 7) is 1.42. The fraction of sp³-hybridized carbons (Fsp3) is 0.176. The molecule has 144 valence electrons. The molecule has 0 spiro atoms. The topological polar surface area (TPSA) is 52.7 Å². The van der Waals surface area contributed by atoms with Gasteiger partial charge in [0, 0.05) is 19.7 Å². The molecule has 2 rings (SSSR count). The van der Waals surface area contributed by atoms with Crippen molar-refractivity contribution < 1.29 is 9.59 Å². The van der Waals surface area contributed by atoms with Gasteiger partial charge < -0.3 is 10.2 Å². The van der Waals surface area contributed by atoms with E-state index in [-0.39, 0.29) is 17.8 Å². The van der Waals surface area contributed by atoms with Gasteiger partial charge in [0.05, 0.1) is 31.7 Å². The Kier molecular flexibility index (Phi) is 7.94. The number of amides is 3. The summed E-state index contributed by atoms with van der Waals surface area (Å²) in [5.74, 6) is 0.00385. The molecule has 0 aliphatic heterocycles. The molecule has 0 aliphatic carbocycles. The van der Waals surface area contributed by atoms with Crippen molar-refractivity contribution in [3.63, 3.8) is 0 Å². The second kappa shape index (κ2) is 9.75. The quantitative estimate of drug-likeness (QED) is 0.408. The van der Waals surface area contributed by atoms with Crippen LogP contribution in [0.1, 0.15) is 6.92 Å². The molecule has 2 aromatic rings. The highest BCUT2D eigenvalue weighted by molar-refractivity contribution is 8.01. The number of rotatable bonds is 5. The summed E-state index contributed by atoms with van der Waals surface area (Å²) >= 11 is 24.9. The fourth-order valence-corrected chi connectivity index (χ4v) is 3.40. The third kappa shape index (κ3) is 6.09. The number of carbonyl (C=O) groups excluding carboxylic acids is 2. The van der Waals surface area contributed by atoms with Gasteiger partial charge in [0.15, 0.2) is 0 Å². The standard InChI is InChI=1S/C17H15Cl4N3O2S/c1-10(25)24(12-4-6-14(19)16(21)8-12)27-9-23(2)17(26)22-11-3-5-13(18)15(20)7-11/h3-8H,9H2,1-2H3,(H,22,26). The maximum atomic E-state index is 12.3. The normalized spacial score (nSPS) is 10.4. The number of nitrogens with zero attached hydrogens (tertiary/aromatic N) is 2. The molecule has 3 amide bonds. The molecule has 0 aliphatic rings. The lowest BCUT2D eigenvalue weighted by Gasteiger charge is -2.24. The van der Waals surface area contributed by atoms with Gasteiger partial charge in [-0.15, -0.1) is 0 Å². The second-order valence-corrected chi connectivity index (χ2v) is 7.94. The summed E-state index contributed by atoms with van der Waals surface area (Å²) in [4.78, 5) is 25.7. The number of hydrogen-bond acceptors (Lipinski definition) is 3. The number of urea groups is 1. The minimum Gasteiger partial charge on any atom is -0.317 e. The van der Waals surface area contributed by atoms with Gasteiger partial charge in [0.1, 0.15) is 0 Å². The van der Waals surface area contributed by atoms with Crippen LogP contribution in [0.25, 0.3) is 0 Å². The van der Waals surface area contributed by atoms with Crippen LogP contribution in [-0.2, 0) is 4.79 Å². The summed E-state index contributed by atoms with van der Waals surface area (Å²) in [6.07, 6.45) is 0. The van der Waals surface area contributed by atoms with E-state index in [4.69, 9.17) is 46.4 Å². The van der Waals surface area contributed by atoms with Gasteiger partial charge in [0.2, 0.25) is 5.91 Å². The van der Waals surface area contributed by atoms with Crippen LogP contribution in [0.5, 0.6) is 0 Å². The summed E-state index contributed by atoms with van der Waals surface area (Å²) in [7, 11) is 1.60. The van der Waals surface area contributed by atoms with Crippen molar-refractivity contribution in [3.8, 4) is 0 Å².